The second-order valence-electron chi connectivity index (χ2n) is 7.53. The summed E-state index contributed by atoms with van der Waals surface area (Å²) in [7, 11) is 0. The summed E-state index contributed by atoms with van der Waals surface area (Å²) in [6, 6.07) is 16.4. The minimum atomic E-state index is -0.399. The van der Waals surface area contributed by atoms with Crippen LogP contribution in [-0.4, -0.2) is 65.8 Å². The van der Waals surface area contributed by atoms with E-state index in [2.05, 4.69) is 0 Å². The molecule has 1 saturated heterocycles. The van der Waals surface area contributed by atoms with E-state index in [0.29, 0.717) is 45.0 Å². The maximum absolute atomic E-state index is 12.9. The maximum atomic E-state index is 12.9. The van der Waals surface area contributed by atoms with E-state index in [0.717, 1.165) is 5.56 Å². The van der Waals surface area contributed by atoms with Crippen molar-refractivity contribution in [3.8, 4) is 0 Å². The van der Waals surface area contributed by atoms with Gasteiger partial charge in [0.1, 0.15) is 5.69 Å². The molecule has 1 aliphatic rings. The second kappa shape index (κ2) is 10.5. The summed E-state index contributed by atoms with van der Waals surface area (Å²) >= 11 is 0. The summed E-state index contributed by atoms with van der Waals surface area (Å²) in [5.41, 5.74) is 7.00. The van der Waals surface area contributed by atoms with Crippen LogP contribution in [0.15, 0.2) is 54.6 Å². The number of nitrogens with zero attached hydrogens (tertiary/aromatic N) is 4. The highest BCUT2D eigenvalue weighted by Crippen LogP contribution is 2.28. The van der Waals surface area contributed by atoms with Gasteiger partial charge in [0.2, 0.25) is 11.8 Å². The second-order valence-corrected chi connectivity index (χ2v) is 7.53. The van der Waals surface area contributed by atoms with Crippen LogP contribution >= 0.6 is 0 Å². The van der Waals surface area contributed by atoms with E-state index in [4.69, 9.17) is 5.73 Å². The van der Waals surface area contributed by atoms with Crippen LogP contribution in [0.3, 0.4) is 0 Å². The Balaban J connectivity index is 1.59. The molecular weight excluding hydrogens is 398 g/mol. The number of hydrogen-bond donors (Lipinski definition) is 1. The standard InChI is InChI=1S/C22H27N5O4/c23-21(28)10-11-24(16-18-6-2-1-3-7-18)17-22(29)26-14-12-25(13-15-26)19-8-4-5-9-20(19)27(30)31/h1-9H,10-17H2,(H2,23,28). The molecule has 2 N–H and O–H groups in total. The van der Waals surface area contributed by atoms with E-state index in [1.807, 2.05) is 40.1 Å². The van der Waals surface area contributed by atoms with Gasteiger partial charge in [0.05, 0.1) is 11.5 Å². The van der Waals surface area contributed by atoms with Gasteiger partial charge >= 0.3 is 0 Å². The summed E-state index contributed by atoms with van der Waals surface area (Å²) in [5.74, 6) is -0.425. The SMILES string of the molecule is NC(=O)CCN(CC(=O)N1CCN(c2ccccc2[N+](=O)[O-])CC1)Cc1ccccc1. The monoisotopic (exact) mass is 425 g/mol. The van der Waals surface area contributed by atoms with Gasteiger partial charge in [0, 0.05) is 51.8 Å². The van der Waals surface area contributed by atoms with Gasteiger partial charge in [-0.05, 0) is 11.6 Å². The van der Waals surface area contributed by atoms with Gasteiger partial charge in [-0.3, -0.25) is 24.6 Å². The summed E-state index contributed by atoms with van der Waals surface area (Å²) in [5, 5.41) is 11.3. The third kappa shape index (κ3) is 6.26. The number of hydrogen-bond acceptors (Lipinski definition) is 6. The lowest BCUT2D eigenvalue weighted by Crippen LogP contribution is -2.51. The predicted octanol–water partition coefficient (Wildman–Crippen LogP) is 1.62. The Morgan fingerprint density at radius 3 is 2.29 bits per heavy atom. The predicted molar refractivity (Wildman–Crippen MR) is 117 cm³/mol. The molecule has 0 spiro atoms. The van der Waals surface area contributed by atoms with Gasteiger partial charge < -0.3 is 15.5 Å². The fraction of sp³-hybridized carbons (Fsp3) is 0.364. The maximum Gasteiger partial charge on any atom is 0.292 e. The average Bonchev–Trinajstić information content (AvgIpc) is 2.78. The van der Waals surface area contributed by atoms with Crippen LogP contribution in [0.25, 0.3) is 0 Å². The Hall–Kier alpha value is -3.46. The van der Waals surface area contributed by atoms with E-state index in [9.17, 15) is 19.7 Å². The zero-order valence-corrected chi connectivity index (χ0v) is 17.4. The summed E-state index contributed by atoms with van der Waals surface area (Å²) in [6.07, 6.45) is 0.186. The molecule has 0 aromatic heterocycles. The first kappa shape index (κ1) is 22.2. The van der Waals surface area contributed by atoms with Crippen molar-refractivity contribution in [2.24, 2.45) is 5.73 Å². The third-order valence-electron chi connectivity index (χ3n) is 5.33. The zero-order chi connectivity index (χ0) is 22.2. The third-order valence-corrected chi connectivity index (χ3v) is 5.33. The van der Waals surface area contributed by atoms with Gasteiger partial charge in [-0.2, -0.15) is 0 Å². The zero-order valence-electron chi connectivity index (χ0n) is 17.4. The molecule has 164 valence electrons. The van der Waals surface area contributed by atoms with Crippen molar-refractivity contribution in [1.29, 1.82) is 0 Å². The first-order chi connectivity index (χ1) is 14.9. The molecule has 3 rings (SSSR count). The van der Waals surface area contributed by atoms with Crippen molar-refractivity contribution >= 4 is 23.2 Å². The van der Waals surface area contributed by atoms with Gasteiger partial charge in [-0.1, -0.05) is 42.5 Å². The highest BCUT2D eigenvalue weighted by molar-refractivity contribution is 5.79. The molecule has 1 heterocycles. The van der Waals surface area contributed by atoms with Crippen LogP contribution in [0.5, 0.6) is 0 Å². The Labute approximate surface area is 181 Å². The molecule has 31 heavy (non-hydrogen) atoms. The lowest BCUT2D eigenvalue weighted by Gasteiger charge is -2.36. The van der Waals surface area contributed by atoms with Crippen LogP contribution in [0, 0.1) is 10.1 Å². The molecule has 0 radical (unpaired) electrons. The fourth-order valence-electron chi connectivity index (χ4n) is 3.70. The van der Waals surface area contributed by atoms with Gasteiger partial charge in [0.15, 0.2) is 0 Å². The number of rotatable bonds is 9. The summed E-state index contributed by atoms with van der Waals surface area (Å²) in [4.78, 5) is 40.7. The molecule has 9 heteroatoms. The van der Waals surface area contributed by atoms with Gasteiger partial charge in [-0.25, -0.2) is 0 Å². The number of carbonyl (C=O) groups is 2. The molecule has 1 aliphatic heterocycles. The van der Waals surface area contributed by atoms with Crippen molar-refractivity contribution in [2.45, 2.75) is 13.0 Å². The Kier molecular flexibility index (Phi) is 7.55. The van der Waals surface area contributed by atoms with Crippen molar-refractivity contribution in [3.05, 3.63) is 70.3 Å². The fourth-order valence-corrected chi connectivity index (χ4v) is 3.70. The molecule has 0 unspecified atom stereocenters. The van der Waals surface area contributed by atoms with Gasteiger partial charge in [-0.15, -0.1) is 0 Å². The normalized spacial score (nSPS) is 14.0. The molecule has 0 aliphatic carbocycles. The molecule has 2 aromatic carbocycles. The van der Waals surface area contributed by atoms with Gasteiger partial charge in [0.25, 0.3) is 5.69 Å². The Morgan fingerprint density at radius 2 is 1.65 bits per heavy atom. The minimum Gasteiger partial charge on any atom is -0.370 e. The number of carbonyl (C=O) groups excluding carboxylic acids is 2. The molecule has 0 saturated carbocycles. The van der Waals surface area contributed by atoms with Crippen LogP contribution in [0.4, 0.5) is 11.4 Å². The number of primary amides is 1. The smallest absolute Gasteiger partial charge is 0.292 e. The van der Waals surface area contributed by atoms with Crippen LogP contribution in [-0.2, 0) is 16.1 Å². The Bertz CT molecular complexity index is 913. The highest BCUT2D eigenvalue weighted by atomic mass is 16.6. The van der Waals surface area contributed by atoms with E-state index in [1.54, 1.807) is 23.1 Å². The lowest BCUT2D eigenvalue weighted by atomic mass is 10.2. The number of nitro benzene ring substituents is 1. The van der Waals surface area contributed by atoms with Crippen LogP contribution < -0.4 is 10.6 Å². The van der Waals surface area contributed by atoms with Crippen molar-refractivity contribution < 1.29 is 14.5 Å². The van der Waals surface area contributed by atoms with Crippen molar-refractivity contribution in [3.63, 3.8) is 0 Å². The topological polar surface area (TPSA) is 113 Å². The van der Waals surface area contributed by atoms with E-state index >= 15 is 0 Å². The highest BCUT2D eigenvalue weighted by Gasteiger charge is 2.26. The first-order valence-corrected chi connectivity index (χ1v) is 10.2. The molecule has 2 aromatic rings. The van der Waals surface area contributed by atoms with Crippen LogP contribution in [0.1, 0.15) is 12.0 Å². The number of nitro groups is 1. The van der Waals surface area contributed by atoms with Crippen LogP contribution in [0.2, 0.25) is 0 Å². The molecule has 9 nitrogen and oxygen atoms in total. The average molecular weight is 425 g/mol. The molecule has 2 amide bonds. The molecular formula is C22H27N5O4. The molecule has 0 bridgehead atoms. The largest absolute Gasteiger partial charge is 0.370 e. The summed E-state index contributed by atoms with van der Waals surface area (Å²) in [6.45, 7) is 3.17. The molecule has 0 atom stereocenters. The van der Waals surface area contributed by atoms with E-state index in [-0.39, 0.29) is 29.5 Å². The Morgan fingerprint density at radius 1 is 1.00 bits per heavy atom. The number of piperazine rings is 1. The number of para-hydroxylation sites is 2. The van der Waals surface area contributed by atoms with Crippen molar-refractivity contribution in [1.82, 2.24) is 9.80 Å². The number of anilines is 1. The van der Waals surface area contributed by atoms with Crippen molar-refractivity contribution in [2.75, 3.05) is 44.2 Å². The quantitative estimate of drug-likeness (QED) is 0.483. The lowest BCUT2D eigenvalue weighted by molar-refractivity contribution is -0.384. The number of amides is 2. The first-order valence-electron chi connectivity index (χ1n) is 10.2. The molecule has 1 fully saturated rings. The van der Waals surface area contributed by atoms with E-state index in [1.165, 1.54) is 6.07 Å². The van der Waals surface area contributed by atoms with E-state index < -0.39 is 5.91 Å². The summed E-state index contributed by atoms with van der Waals surface area (Å²) < 4.78 is 0. The number of benzene rings is 2. The number of nitrogens with two attached hydrogens (primary N) is 1. The minimum absolute atomic E-state index is 0.0254.